The van der Waals surface area contributed by atoms with Crippen LogP contribution in [0, 0.1) is 18.8 Å². The predicted molar refractivity (Wildman–Crippen MR) is 118 cm³/mol. The number of benzene rings is 2. The highest BCUT2D eigenvalue weighted by Crippen LogP contribution is 2.53. The Morgan fingerprint density at radius 2 is 1.88 bits per heavy atom. The summed E-state index contributed by atoms with van der Waals surface area (Å²) in [6.07, 6.45) is 1.74. The van der Waals surface area contributed by atoms with Crippen LogP contribution in [0.3, 0.4) is 0 Å². The van der Waals surface area contributed by atoms with E-state index in [4.69, 9.17) is 16.3 Å². The van der Waals surface area contributed by atoms with Gasteiger partial charge in [0, 0.05) is 23.4 Å². The molecule has 1 unspecified atom stereocenters. The van der Waals surface area contributed by atoms with Gasteiger partial charge in [0.25, 0.3) is 5.91 Å². The lowest BCUT2D eigenvalue weighted by molar-refractivity contribution is -0.948. The molecule has 3 amide bonds. The Kier molecular flexibility index (Phi) is 4.05. The number of hydrogen-bond donors (Lipinski definition) is 2. The molecule has 2 N–H and O–H groups in total. The highest BCUT2D eigenvalue weighted by atomic mass is 35.5. The Labute approximate surface area is 190 Å². The van der Waals surface area contributed by atoms with Crippen molar-refractivity contribution in [2.24, 2.45) is 11.8 Å². The maximum atomic E-state index is 13.9. The van der Waals surface area contributed by atoms with Crippen molar-refractivity contribution in [1.29, 1.82) is 0 Å². The van der Waals surface area contributed by atoms with Crippen LogP contribution >= 0.6 is 11.6 Å². The molecule has 7 nitrogen and oxygen atoms in total. The van der Waals surface area contributed by atoms with Crippen molar-refractivity contribution >= 4 is 40.7 Å². The second-order valence-electron chi connectivity index (χ2n) is 9.09. The van der Waals surface area contributed by atoms with E-state index < -0.39 is 17.4 Å². The molecule has 164 valence electrons. The van der Waals surface area contributed by atoms with Crippen LogP contribution in [-0.2, 0) is 19.9 Å². The van der Waals surface area contributed by atoms with Gasteiger partial charge in [-0.1, -0.05) is 11.6 Å². The number of nitrogens with one attached hydrogen (secondary N) is 2. The maximum absolute atomic E-state index is 13.9. The Morgan fingerprint density at radius 1 is 1.12 bits per heavy atom. The fourth-order valence-corrected chi connectivity index (χ4v) is 6.79. The number of rotatable bonds is 2. The molecule has 0 radical (unpaired) electrons. The normalized spacial score (nSPS) is 32.3. The highest BCUT2D eigenvalue weighted by Gasteiger charge is 2.78. The van der Waals surface area contributed by atoms with Crippen LogP contribution in [0.15, 0.2) is 36.4 Å². The van der Waals surface area contributed by atoms with Crippen LogP contribution < -0.4 is 19.9 Å². The second kappa shape index (κ2) is 6.56. The van der Waals surface area contributed by atoms with Crippen molar-refractivity contribution in [1.82, 2.24) is 0 Å². The van der Waals surface area contributed by atoms with Crippen molar-refractivity contribution < 1.29 is 24.0 Å². The second-order valence-corrected chi connectivity index (χ2v) is 9.50. The Bertz CT molecular complexity index is 1200. The average Bonchev–Trinajstić information content (AvgIpc) is 3.50. The van der Waals surface area contributed by atoms with Crippen molar-refractivity contribution in [3.63, 3.8) is 0 Å². The van der Waals surface area contributed by atoms with E-state index in [1.54, 1.807) is 37.4 Å². The zero-order valence-corrected chi connectivity index (χ0v) is 18.5. The average molecular weight is 453 g/mol. The fourth-order valence-electron chi connectivity index (χ4n) is 6.63. The maximum Gasteiger partial charge on any atom is 0.291 e. The Hall–Kier alpha value is -2.90. The molecule has 2 aromatic rings. The zero-order valence-electron chi connectivity index (χ0n) is 17.8. The molecular formula is C24H23ClN3O4+. The summed E-state index contributed by atoms with van der Waals surface area (Å²) in [5.74, 6) is -1.33. The third kappa shape index (κ3) is 2.18. The molecule has 0 aliphatic carbocycles. The van der Waals surface area contributed by atoms with Gasteiger partial charge in [-0.15, -0.1) is 0 Å². The summed E-state index contributed by atoms with van der Waals surface area (Å²) in [5, 5.41) is 3.59. The molecule has 4 aliphatic rings. The highest BCUT2D eigenvalue weighted by molar-refractivity contribution is 6.32. The summed E-state index contributed by atoms with van der Waals surface area (Å²) in [4.78, 5) is 43.6. The molecule has 4 aliphatic heterocycles. The summed E-state index contributed by atoms with van der Waals surface area (Å²) < 4.78 is 5.21. The molecule has 1 spiro atoms. The van der Waals surface area contributed by atoms with Crippen LogP contribution in [0.4, 0.5) is 11.4 Å². The van der Waals surface area contributed by atoms with Crippen LogP contribution in [0.5, 0.6) is 5.75 Å². The van der Waals surface area contributed by atoms with Crippen molar-refractivity contribution in [2.45, 2.75) is 31.3 Å². The number of hydrogen-bond acceptors (Lipinski definition) is 4. The summed E-state index contributed by atoms with van der Waals surface area (Å²) in [7, 11) is 1.57. The monoisotopic (exact) mass is 452 g/mol. The lowest BCUT2D eigenvalue weighted by Gasteiger charge is -2.33. The Balaban J connectivity index is 1.53. The van der Waals surface area contributed by atoms with Crippen molar-refractivity contribution in [3.05, 3.63) is 52.5 Å². The van der Waals surface area contributed by atoms with Crippen molar-refractivity contribution in [2.75, 3.05) is 23.9 Å². The van der Waals surface area contributed by atoms with Gasteiger partial charge in [0.05, 0.1) is 25.0 Å². The van der Waals surface area contributed by atoms with Gasteiger partial charge >= 0.3 is 0 Å². The topological polar surface area (TPSA) is 80.1 Å². The van der Waals surface area contributed by atoms with E-state index in [2.05, 4.69) is 5.32 Å². The van der Waals surface area contributed by atoms with Gasteiger partial charge in [0.15, 0.2) is 0 Å². The number of quaternary nitrogens is 1. The Morgan fingerprint density at radius 3 is 2.59 bits per heavy atom. The van der Waals surface area contributed by atoms with E-state index in [0.29, 0.717) is 22.1 Å². The molecule has 0 saturated carbocycles. The van der Waals surface area contributed by atoms with E-state index in [0.717, 1.165) is 35.4 Å². The van der Waals surface area contributed by atoms with Crippen LogP contribution in [0.25, 0.3) is 0 Å². The number of anilines is 2. The molecule has 6 rings (SSSR count). The van der Waals surface area contributed by atoms with Gasteiger partial charge in [0.2, 0.25) is 17.4 Å². The van der Waals surface area contributed by atoms with Crippen molar-refractivity contribution in [3.8, 4) is 5.75 Å². The van der Waals surface area contributed by atoms with Gasteiger partial charge in [-0.25, -0.2) is 4.90 Å². The quantitative estimate of drug-likeness (QED) is 0.679. The first-order valence-electron chi connectivity index (χ1n) is 10.9. The molecule has 8 heteroatoms. The van der Waals surface area contributed by atoms with Gasteiger partial charge < -0.3 is 15.0 Å². The minimum absolute atomic E-state index is 0.0626. The molecule has 3 fully saturated rings. The lowest BCUT2D eigenvalue weighted by atomic mass is 9.75. The summed E-state index contributed by atoms with van der Waals surface area (Å²) >= 11 is 6.34. The molecule has 5 atom stereocenters. The van der Waals surface area contributed by atoms with E-state index in [-0.39, 0.29) is 23.8 Å². The number of nitrogens with zero attached hydrogens (tertiary/aromatic N) is 1. The third-order valence-electron chi connectivity index (χ3n) is 7.92. The summed E-state index contributed by atoms with van der Waals surface area (Å²) in [5.41, 5.74) is 1.67. The molecule has 0 aromatic heterocycles. The van der Waals surface area contributed by atoms with Gasteiger partial charge in [-0.05, 0) is 48.9 Å². The first-order chi connectivity index (χ1) is 15.4. The van der Waals surface area contributed by atoms with E-state index in [1.807, 2.05) is 13.0 Å². The minimum atomic E-state index is -1.11. The smallest absolute Gasteiger partial charge is 0.291 e. The molecule has 4 heterocycles. The third-order valence-corrected chi connectivity index (χ3v) is 8.33. The predicted octanol–water partition coefficient (Wildman–Crippen LogP) is 1.67. The number of carbonyl (C=O) groups is 3. The van der Waals surface area contributed by atoms with Gasteiger partial charge in [-0.2, -0.15) is 0 Å². The number of imide groups is 1. The molecule has 2 aromatic carbocycles. The number of amides is 3. The molecule has 0 bridgehead atoms. The van der Waals surface area contributed by atoms with Gasteiger partial charge in [0.1, 0.15) is 23.6 Å². The lowest BCUT2D eigenvalue weighted by Crippen LogP contribution is -3.19. The number of carbonyl (C=O) groups excluding carboxylic acids is 3. The first-order valence-corrected chi connectivity index (χ1v) is 11.3. The number of fused-ring (bicyclic) bond motifs is 7. The standard InChI is InChI=1S/C24H22ClN3O4/c1-12-16(25)10-9-15-20(12)26-23(31)24(15)19-18(17-4-3-11-27(17)24)21(29)28(22(19)30)13-5-7-14(32-2)8-6-13/h5-10,17-19H,3-4,11H2,1-2H3,(H,26,31)/p+1/t17-,18+,19-,24-/m0/s1. The summed E-state index contributed by atoms with van der Waals surface area (Å²) in [6.45, 7) is 2.63. The van der Waals surface area contributed by atoms with Crippen LogP contribution in [0.2, 0.25) is 5.02 Å². The summed E-state index contributed by atoms with van der Waals surface area (Å²) in [6, 6.07) is 10.5. The molecular weight excluding hydrogens is 430 g/mol. The zero-order chi connectivity index (χ0) is 22.4. The van der Waals surface area contributed by atoms with E-state index in [1.165, 1.54) is 4.90 Å². The van der Waals surface area contributed by atoms with Crippen LogP contribution in [-0.4, -0.2) is 37.4 Å². The molecule has 3 saturated heterocycles. The van der Waals surface area contributed by atoms with Gasteiger partial charge in [-0.3, -0.25) is 14.4 Å². The SMILES string of the molecule is COc1ccc(N2C(=O)[C@H]3[C@@H](C2=O)[C@@]2(C(=O)Nc4c2ccc(Cl)c4C)[NH+]2CCC[C@@H]32)cc1. The number of ether oxygens (including phenoxy) is 1. The number of methoxy groups -OCH3 is 1. The van der Waals surface area contributed by atoms with E-state index >= 15 is 0 Å². The minimum Gasteiger partial charge on any atom is -0.497 e. The fraction of sp³-hybridized carbons (Fsp3) is 0.375. The van der Waals surface area contributed by atoms with E-state index in [9.17, 15) is 14.4 Å². The molecule has 32 heavy (non-hydrogen) atoms. The largest absolute Gasteiger partial charge is 0.497 e. The number of halogens is 1. The van der Waals surface area contributed by atoms with Crippen LogP contribution in [0.1, 0.15) is 24.0 Å². The first kappa shape index (κ1) is 19.8.